The summed E-state index contributed by atoms with van der Waals surface area (Å²) in [6.45, 7) is 2.25. The molecule has 0 aliphatic rings. The molecule has 2 aromatic rings. The molecule has 0 radical (unpaired) electrons. The maximum atomic E-state index is 8.76. The van der Waals surface area contributed by atoms with Crippen LogP contribution in [0.15, 0.2) is 18.7 Å². The summed E-state index contributed by atoms with van der Waals surface area (Å²) in [5.41, 5.74) is 1.11. The van der Waals surface area contributed by atoms with Crippen molar-refractivity contribution in [2.75, 3.05) is 13.2 Å². The van der Waals surface area contributed by atoms with E-state index in [1.807, 2.05) is 6.20 Å². The van der Waals surface area contributed by atoms with Crippen molar-refractivity contribution in [3.63, 3.8) is 0 Å². The topological polar surface area (TPSA) is 91.6 Å². The zero-order chi connectivity index (χ0) is 11.9. The summed E-state index contributed by atoms with van der Waals surface area (Å²) in [6, 6.07) is 0. The predicted octanol–water partition coefficient (Wildman–Crippen LogP) is -0.674. The molecular formula is C10H16N6O. The molecule has 2 heterocycles. The molecule has 0 saturated heterocycles. The Morgan fingerprint density at radius 2 is 2.41 bits per heavy atom. The van der Waals surface area contributed by atoms with Crippen LogP contribution < -0.4 is 5.32 Å². The number of aliphatic hydroxyl groups excluding tert-OH is 1. The standard InChI is InChI=1S/C10H16N6O/c17-4-3-16-7-9(6-14-16)5-11-2-1-10-12-8-13-15-10/h6-8,11,17H,1-5H2,(H,12,13,15). The van der Waals surface area contributed by atoms with Crippen LogP contribution in [0.2, 0.25) is 0 Å². The van der Waals surface area contributed by atoms with Crippen molar-refractivity contribution in [3.8, 4) is 0 Å². The van der Waals surface area contributed by atoms with Gasteiger partial charge in [-0.15, -0.1) is 0 Å². The molecular weight excluding hydrogens is 220 g/mol. The molecule has 0 atom stereocenters. The summed E-state index contributed by atoms with van der Waals surface area (Å²) < 4.78 is 1.73. The van der Waals surface area contributed by atoms with Gasteiger partial charge in [-0.2, -0.15) is 10.2 Å². The predicted molar refractivity (Wildman–Crippen MR) is 61.1 cm³/mol. The number of aromatic amines is 1. The number of H-pyrrole nitrogens is 1. The maximum Gasteiger partial charge on any atom is 0.137 e. The van der Waals surface area contributed by atoms with Gasteiger partial charge in [0.1, 0.15) is 12.2 Å². The van der Waals surface area contributed by atoms with Crippen molar-refractivity contribution in [2.45, 2.75) is 19.5 Å². The first-order valence-corrected chi connectivity index (χ1v) is 5.55. The first-order chi connectivity index (χ1) is 8.38. The van der Waals surface area contributed by atoms with Crippen LogP contribution in [0.5, 0.6) is 0 Å². The lowest BCUT2D eigenvalue weighted by Crippen LogP contribution is -2.16. The number of aromatic nitrogens is 5. The first kappa shape index (κ1) is 11.7. The number of nitrogens with one attached hydrogen (secondary N) is 2. The van der Waals surface area contributed by atoms with Crippen molar-refractivity contribution in [3.05, 3.63) is 30.1 Å². The molecule has 7 nitrogen and oxygen atoms in total. The molecule has 0 bridgehead atoms. The summed E-state index contributed by atoms with van der Waals surface area (Å²) in [5.74, 6) is 0.883. The average molecular weight is 236 g/mol. The minimum atomic E-state index is 0.111. The highest BCUT2D eigenvalue weighted by atomic mass is 16.3. The van der Waals surface area contributed by atoms with Gasteiger partial charge in [0.05, 0.1) is 19.3 Å². The van der Waals surface area contributed by atoms with Gasteiger partial charge in [0.2, 0.25) is 0 Å². The van der Waals surface area contributed by atoms with Crippen LogP contribution in [0.3, 0.4) is 0 Å². The second-order valence-corrected chi connectivity index (χ2v) is 3.69. The van der Waals surface area contributed by atoms with E-state index in [9.17, 15) is 0 Å². The molecule has 0 fully saturated rings. The highest BCUT2D eigenvalue weighted by Crippen LogP contribution is 1.97. The summed E-state index contributed by atoms with van der Waals surface area (Å²) >= 11 is 0. The van der Waals surface area contributed by atoms with Crippen LogP contribution in [0.4, 0.5) is 0 Å². The van der Waals surface area contributed by atoms with Crippen molar-refractivity contribution in [2.24, 2.45) is 0 Å². The molecule has 0 unspecified atom stereocenters. The van der Waals surface area contributed by atoms with Gasteiger partial charge in [-0.3, -0.25) is 9.78 Å². The highest BCUT2D eigenvalue weighted by molar-refractivity contribution is 5.03. The zero-order valence-electron chi connectivity index (χ0n) is 9.50. The molecule has 3 N–H and O–H groups in total. The fourth-order valence-corrected chi connectivity index (χ4v) is 1.51. The lowest BCUT2D eigenvalue weighted by atomic mass is 10.3. The fourth-order valence-electron chi connectivity index (χ4n) is 1.51. The molecule has 0 saturated carbocycles. The molecule has 0 spiro atoms. The number of nitrogens with zero attached hydrogens (tertiary/aromatic N) is 4. The van der Waals surface area contributed by atoms with Crippen LogP contribution in [0.25, 0.3) is 0 Å². The van der Waals surface area contributed by atoms with Crippen molar-refractivity contribution in [1.82, 2.24) is 30.3 Å². The van der Waals surface area contributed by atoms with Crippen LogP contribution in [0, 0.1) is 0 Å². The normalized spacial score (nSPS) is 10.9. The number of rotatable bonds is 7. The number of aliphatic hydroxyl groups is 1. The van der Waals surface area contributed by atoms with E-state index in [2.05, 4.69) is 25.6 Å². The molecule has 0 amide bonds. The van der Waals surface area contributed by atoms with Gasteiger partial charge in [-0.05, 0) is 0 Å². The van der Waals surface area contributed by atoms with Gasteiger partial charge < -0.3 is 10.4 Å². The lowest BCUT2D eigenvalue weighted by Gasteiger charge is -2.00. The molecule has 7 heteroatoms. The van der Waals surface area contributed by atoms with Gasteiger partial charge in [-0.1, -0.05) is 0 Å². The van der Waals surface area contributed by atoms with E-state index < -0.39 is 0 Å². The maximum absolute atomic E-state index is 8.76. The largest absolute Gasteiger partial charge is 0.394 e. The van der Waals surface area contributed by atoms with Crippen molar-refractivity contribution < 1.29 is 5.11 Å². The molecule has 0 aliphatic carbocycles. The third-order valence-corrected chi connectivity index (χ3v) is 2.35. The molecule has 0 aromatic carbocycles. The lowest BCUT2D eigenvalue weighted by molar-refractivity contribution is 0.269. The van der Waals surface area contributed by atoms with Gasteiger partial charge in [0, 0.05) is 31.3 Å². The van der Waals surface area contributed by atoms with E-state index in [-0.39, 0.29) is 6.61 Å². The van der Waals surface area contributed by atoms with E-state index >= 15 is 0 Å². The Morgan fingerprint density at radius 1 is 1.47 bits per heavy atom. The Bertz CT molecular complexity index is 424. The van der Waals surface area contributed by atoms with E-state index in [1.54, 1.807) is 10.9 Å². The van der Waals surface area contributed by atoms with Crippen LogP contribution in [0.1, 0.15) is 11.4 Å². The van der Waals surface area contributed by atoms with E-state index in [0.717, 1.165) is 30.9 Å². The molecule has 17 heavy (non-hydrogen) atoms. The Kier molecular flexibility index (Phi) is 4.23. The van der Waals surface area contributed by atoms with E-state index in [4.69, 9.17) is 5.11 Å². The van der Waals surface area contributed by atoms with E-state index in [1.165, 1.54) is 6.33 Å². The van der Waals surface area contributed by atoms with Gasteiger partial charge in [0.25, 0.3) is 0 Å². The highest BCUT2D eigenvalue weighted by Gasteiger charge is 1.99. The zero-order valence-corrected chi connectivity index (χ0v) is 9.50. The Hall–Kier alpha value is -1.73. The number of hydrogen-bond donors (Lipinski definition) is 3. The third kappa shape index (κ3) is 3.65. The van der Waals surface area contributed by atoms with Gasteiger partial charge in [0.15, 0.2) is 0 Å². The molecule has 92 valence electrons. The second-order valence-electron chi connectivity index (χ2n) is 3.69. The average Bonchev–Trinajstić information content (AvgIpc) is 2.96. The molecule has 2 rings (SSSR count). The Labute approximate surface area is 98.9 Å². The molecule has 2 aromatic heterocycles. The summed E-state index contributed by atoms with van der Waals surface area (Å²) in [7, 11) is 0. The first-order valence-electron chi connectivity index (χ1n) is 5.55. The number of hydrogen-bond acceptors (Lipinski definition) is 5. The van der Waals surface area contributed by atoms with Crippen LogP contribution in [-0.2, 0) is 19.5 Å². The van der Waals surface area contributed by atoms with Crippen molar-refractivity contribution in [1.29, 1.82) is 0 Å². The molecule has 0 aliphatic heterocycles. The minimum absolute atomic E-state index is 0.111. The smallest absolute Gasteiger partial charge is 0.137 e. The van der Waals surface area contributed by atoms with Gasteiger partial charge >= 0.3 is 0 Å². The van der Waals surface area contributed by atoms with Crippen LogP contribution >= 0.6 is 0 Å². The van der Waals surface area contributed by atoms with Crippen LogP contribution in [-0.4, -0.2) is 43.2 Å². The SMILES string of the molecule is OCCn1cc(CNCCc2ncn[nH]2)cn1. The Balaban J connectivity index is 1.67. The monoisotopic (exact) mass is 236 g/mol. The minimum Gasteiger partial charge on any atom is -0.394 e. The Morgan fingerprint density at radius 3 is 3.18 bits per heavy atom. The van der Waals surface area contributed by atoms with E-state index in [0.29, 0.717) is 6.54 Å². The summed E-state index contributed by atoms with van der Waals surface area (Å²) in [6.07, 6.45) is 6.06. The second kappa shape index (κ2) is 6.12. The summed E-state index contributed by atoms with van der Waals surface area (Å²) in [5, 5.41) is 22.8. The van der Waals surface area contributed by atoms with Crippen molar-refractivity contribution >= 4 is 0 Å². The van der Waals surface area contributed by atoms with Gasteiger partial charge in [-0.25, -0.2) is 4.98 Å². The third-order valence-electron chi connectivity index (χ3n) is 2.35. The summed E-state index contributed by atoms with van der Waals surface area (Å²) in [4.78, 5) is 4.04. The fraction of sp³-hybridized carbons (Fsp3) is 0.500. The quantitative estimate of drug-likeness (QED) is 0.554.